The first-order valence-electron chi connectivity index (χ1n) is 11.3. The number of hydrogen-bond acceptors (Lipinski definition) is 2. The lowest BCUT2D eigenvalue weighted by atomic mass is 10.0. The van der Waals surface area contributed by atoms with Gasteiger partial charge in [0.2, 0.25) is 0 Å². The highest BCUT2D eigenvalue weighted by Crippen LogP contribution is 2.42. The average Bonchev–Trinajstić information content (AvgIpc) is 3.32. The monoisotopic (exact) mass is 528 g/mol. The number of ether oxygens (including phenoxy) is 2. The number of alkyl halides is 6. The van der Waals surface area contributed by atoms with Crippen LogP contribution < -0.4 is 30.2 Å². The van der Waals surface area contributed by atoms with Gasteiger partial charge in [-0.15, -0.1) is 0 Å². The van der Waals surface area contributed by atoms with Gasteiger partial charge in [-0.3, -0.25) is 0 Å². The van der Waals surface area contributed by atoms with E-state index in [9.17, 15) is 26.3 Å². The molecule has 0 unspecified atom stereocenters. The van der Waals surface area contributed by atoms with E-state index in [1.165, 1.54) is 26.4 Å². The van der Waals surface area contributed by atoms with E-state index in [0.717, 1.165) is 34.6 Å². The molecule has 2 heterocycles. The molecule has 2 aliphatic rings. The lowest BCUT2D eigenvalue weighted by molar-refractivity contribution is -0.138. The van der Waals surface area contributed by atoms with Crippen LogP contribution in [-0.2, 0) is 12.4 Å². The molecule has 188 valence electrons. The van der Waals surface area contributed by atoms with E-state index in [-0.39, 0.29) is 0 Å². The number of fused-ring (bicyclic) bond motifs is 10. The molecule has 0 radical (unpaired) electrons. The first-order valence-corrected chi connectivity index (χ1v) is 13.3. The number of hydrogen-bond donors (Lipinski definition) is 0. The molecule has 1 spiro atoms. The van der Waals surface area contributed by atoms with Crippen molar-refractivity contribution < 1.29 is 35.8 Å². The first-order chi connectivity index (χ1) is 17.5. The van der Waals surface area contributed by atoms with Crippen molar-refractivity contribution >= 4 is 28.8 Å². The third-order valence-electron chi connectivity index (χ3n) is 7.34. The van der Waals surface area contributed by atoms with Gasteiger partial charge in [-0.1, -0.05) is 36.4 Å². The predicted octanol–water partition coefficient (Wildman–Crippen LogP) is 5.08. The van der Waals surface area contributed by atoms with Crippen LogP contribution >= 0.6 is 0 Å². The molecule has 0 aromatic heterocycles. The van der Waals surface area contributed by atoms with Crippen LogP contribution in [0.2, 0.25) is 0 Å². The van der Waals surface area contributed by atoms with Crippen molar-refractivity contribution in [2.24, 2.45) is 0 Å². The zero-order valence-corrected chi connectivity index (χ0v) is 20.5. The van der Waals surface area contributed by atoms with E-state index in [2.05, 4.69) is 0 Å². The van der Waals surface area contributed by atoms with Crippen LogP contribution in [0, 0.1) is 0 Å². The molecular weight excluding hydrogens is 510 g/mol. The largest absolute Gasteiger partial charge is 0.497 e. The maximum Gasteiger partial charge on any atom is 0.416 e. The Morgan fingerprint density at radius 1 is 0.486 bits per heavy atom. The summed E-state index contributed by atoms with van der Waals surface area (Å²) in [7, 11) is -0.285. The minimum absolute atomic E-state index is 0.421. The second-order valence-corrected chi connectivity index (χ2v) is 12.7. The van der Waals surface area contributed by atoms with Crippen LogP contribution in [-0.4, -0.2) is 22.3 Å². The quantitative estimate of drug-likeness (QED) is 0.231. The van der Waals surface area contributed by atoms with Gasteiger partial charge in [0.15, 0.2) is 8.07 Å². The standard InChI is InChI=1S/C28H18F6O2Si/c1-35-17-5-9-25-21(13-17)19-11-15(27(29,30)31)3-7-23(19)37(25)24-8-4-16(28(32,33)34)12-20(24)22-14-18(36-2)6-10-26(22)37/h3-14H,1-2H3. The molecule has 0 fully saturated rings. The van der Waals surface area contributed by atoms with Crippen LogP contribution in [0.25, 0.3) is 22.3 Å². The summed E-state index contributed by atoms with van der Waals surface area (Å²) in [5.41, 5.74) is 0.469. The van der Waals surface area contributed by atoms with E-state index < -0.39 is 31.6 Å². The van der Waals surface area contributed by atoms with Gasteiger partial charge in [-0.2, -0.15) is 26.3 Å². The van der Waals surface area contributed by atoms with Crippen LogP contribution in [0.4, 0.5) is 26.3 Å². The van der Waals surface area contributed by atoms with Crippen molar-refractivity contribution in [3.05, 3.63) is 83.9 Å². The Balaban J connectivity index is 1.76. The molecule has 0 N–H and O–H groups in total. The predicted molar refractivity (Wildman–Crippen MR) is 131 cm³/mol. The Morgan fingerprint density at radius 3 is 1.14 bits per heavy atom. The van der Waals surface area contributed by atoms with E-state index in [0.29, 0.717) is 44.1 Å². The summed E-state index contributed by atoms with van der Waals surface area (Å²) in [6.45, 7) is 0. The molecule has 2 nitrogen and oxygen atoms in total. The van der Waals surface area contributed by atoms with Gasteiger partial charge in [-0.25, -0.2) is 0 Å². The summed E-state index contributed by atoms with van der Waals surface area (Å²) in [6.07, 6.45) is -9.10. The van der Waals surface area contributed by atoms with Crippen molar-refractivity contribution in [1.82, 2.24) is 0 Å². The van der Waals surface area contributed by atoms with Gasteiger partial charge >= 0.3 is 12.4 Å². The first kappa shape index (κ1) is 23.7. The van der Waals surface area contributed by atoms with Crippen LogP contribution in [0.15, 0.2) is 72.8 Å². The zero-order valence-electron chi connectivity index (χ0n) is 19.5. The minimum atomic E-state index is -4.55. The second kappa shape index (κ2) is 7.64. The molecule has 0 bridgehead atoms. The van der Waals surface area contributed by atoms with E-state index in [4.69, 9.17) is 9.47 Å². The third kappa shape index (κ3) is 3.19. The number of halogens is 6. The van der Waals surface area contributed by atoms with Gasteiger partial charge < -0.3 is 9.47 Å². The normalized spacial score (nSPS) is 14.7. The topological polar surface area (TPSA) is 18.5 Å². The van der Waals surface area contributed by atoms with E-state index in [1.807, 2.05) is 12.1 Å². The summed E-state index contributed by atoms with van der Waals surface area (Å²) in [5, 5.41) is 3.03. The molecule has 0 saturated heterocycles. The molecule has 0 saturated carbocycles. The fourth-order valence-electron chi connectivity index (χ4n) is 5.81. The number of rotatable bonds is 2. The lowest BCUT2D eigenvalue weighted by Gasteiger charge is -2.28. The third-order valence-corrected chi connectivity index (χ3v) is 12.3. The highest BCUT2D eigenvalue weighted by Gasteiger charge is 2.55. The molecule has 2 aliphatic heterocycles. The minimum Gasteiger partial charge on any atom is -0.497 e. The summed E-state index contributed by atoms with van der Waals surface area (Å²) in [4.78, 5) is 0. The lowest BCUT2D eigenvalue weighted by Crippen LogP contribution is -2.70. The fraction of sp³-hybridized carbons (Fsp3) is 0.143. The SMILES string of the molecule is COc1ccc2c(c1)-c1cc(C(F)(F)F)ccc1[Si]21c2ccc(OC)cc2-c2cc(C(F)(F)F)ccc21. The van der Waals surface area contributed by atoms with Gasteiger partial charge in [0.25, 0.3) is 0 Å². The molecular formula is C28H18F6O2Si. The second-order valence-electron chi connectivity index (χ2n) is 9.09. The molecule has 4 aromatic rings. The Labute approximate surface area is 209 Å². The summed E-state index contributed by atoms with van der Waals surface area (Å²) in [6, 6.07) is 18.0. The summed E-state index contributed by atoms with van der Waals surface area (Å²) < 4.78 is 93.1. The highest BCUT2D eigenvalue weighted by molar-refractivity contribution is 7.24. The van der Waals surface area contributed by atoms with Crippen molar-refractivity contribution in [1.29, 1.82) is 0 Å². The smallest absolute Gasteiger partial charge is 0.416 e. The van der Waals surface area contributed by atoms with Crippen LogP contribution in [0.5, 0.6) is 11.5 Å². The van der Waals surface area contributed by atoms with Crippen molar-refractivity contribution in [2.45, 2.75) is 12.4 Å². The zero-order chi connectivity index (χ0) is 26.3. The maximum absolute atomic E-state index is 13.7. The average molecular weight is 529 g/mol. The molecule has 0 aliphatic carbocycles. The maximum atomic E-state index is 13.7. The summed E-state index contributed by atoms with van der Waals surface area (Å²) in [5.74, 6) is 0.961. The molecule has 0 amide bonds. The Hall–Kier alpha value is -3.72. The van der Waals surface area contributed by atoms with Gasteiger partial charge in [-0.05, 0) is 79.4 Å². The fourth-order valence-corrected chi connectivity index (χ4v) is 11.3. The summed E-state index contributed by atoms with van der Waals surface area (Å²) >= 11 is 0. The Bertz CT molecular complexity index is 1470. The molecule has 6 rings (SSSR count). The Morgan fingerprint density at radius 2 is 0.811 bits per heavy atom. The van der Waals surface area contributed by atoms with Gasteiger partial charge in [0.1, 0.15) is 11.5 Å². The Kier molecular flexibility index (Phi) is 4.89. The van der Waals surface area contributed by atoms with Gasteiger partial charge in [0, 0.05) is 0 Å². The molecule has 4 aromatic carbocycles. The molecule has 9 heteroatoms. The van der Waals surface area contributed by atoms with Gasteiger partial charge in [0.05, 0.1) is 25.3 Å². The van der Waals surface area contributed by atoms with Crippen LogP contribution in [0.3, 0.4) is 0 Å². The van der Waals surface area contributed by atoms with Crippen molar-refractivity contribution in [3.8, 4) is 33.8 Å². The number of methoxy groups -OCH3 is 2. The molecule has 0 atom stereocenters. The van der Waals surface area contributed by atoms with Crippen LogP contribution in [0.1, 0.15) is 11.1 Å². The van der Waals surface area contributed by atoms with Crippen molar-refractivity contribution in [3.63, 3.8) is 0 Å². The molecule has 37 heavy (non-hydrogen) atoms. The van der Waals surface area contributed by atoms with E-state index in [1.54, 1.807) is 24.3 Å². The van der Waals surface area contributed by atoms with E-state index >= 15 is 0 Å². The highest BCUT2D eigenvalue weighted by atomic mass is 28.3. The number of benzene rings is 4. The van der Waals surface area contributed by atoms with Crippen molar-refractivity contribution in [2.75, 3.05) is 14.2 Å².